The second kappa shape index (κ2) is 7.86. The monoisotopic (exact) mass is 448 g/mol. The van der Waals surface area contributed by atoms with E-state index in [1.807, 2.05) is 0 Å². The van der Waals surface area contributed by atoms with Crippen molar-refractivity contribution in [3.63, 3.8) is 0 Å². The molecule has 3 fully saturated rings. The standard InChI is InChI=1S/C22H24O10/c1-9-16-14(30-19(9)24)7-6-13-15(29-13)8-12(20(25)27-5)17(28-11(3)23)18(16)31-21(26)22(4)10(2)32-22/h6-8,10,13-18H,1H2,2-5H3. The van der Waals surface area contributed by atoms with Crippen LogP contribution in [0.25, 0.3) is 0 Å². The van der Waals surface area contributed by atoms with Crippen LogP contribution in [0, 0.1) is 5.92 Å². The van der Waals surface area contributed by atoms with Crippen LogP contribution < -0.4 is 0 Å². The molecular weight excluding hydrogens is 424 g/mol. The van der Waals surface area contributed by atoms with Crippen molar-refractivity contribution in [2.24, 2.45) is 5.92 Å². The number of methoxy groups -OCH3 is 1. The zero-order valence-corrected chi connectivity index (χ0v) is 18.1. The molecular formula is C22H24O10. The highest BCUT2D eigenvalue weighted by atomic mass is 16.7. The molecule has 1 aliphatic carbocycles. The predicted octanol–water partition coefficient (Wildman–Crippen LogP) is 0.542. The lowest BCUT2D eigenvalue weighted by Crippen LogP contribution is -2.48. The van der Waals surface area contributed by atoms with Crippen LogP contribution >= 0.6 is 0 Å². The number of fused-ring (bicyclic) bond motifs is 2. The third-order valence-corrected chi connectivity index (χ3v) is 6.12. The van der Waals surface area contributed by atoms with Gasteiger partial charge < -0.3 is 28.4 Å². The van der Waals surface area contributed by atoms with Crippen LogP contribution in [0.1, 0.15) is 20.8 Å². The lowest BCUT2D eigenvalue weighted by atomic mass is 9.84. The molecule has 0 saturated carbocycles. The molecule has 3 aliphatic heterocycles. The van der Waals surface area contributed by atoms with Crippen LogP contribution in [0.2, 0.25) is 0 Å². The number of esters is 4. The van der Waals surface area contributed by atoms with Crippen molar-refractivity contribution in [1.82, 2.24) is 0 Å². The molecule has 0 N–H and O–H groups in total. The molecule has 8 unspecified atom stereocenters. The first-order valence-electron chi connectivity index (χ1n) is 10.2. The van der Waals surface area contributed by atoms with E-state index in [-0.39, 0.29) is 17.3 Å². The van der Waals surface area contributed by atoms with E-state index < -0.39 is 65.9 Å². The molecule has 0 aromatic heterocycles. The van der Waals surface area contributed by atoms with Gasteiger partial charge in [-0.05, 0) is 26.0 Å². The third kappa shape index (κ3) is 3.84. The summed E-state index contributed by atoms with van der Waals surface area (Å²) in [6, 6.07) is 0. The van der Waals surface area contributed by atoms with Gasteiger partial charge in [-0.2, -0.15) is 0 Å². The van der Waals surface area contributed by atoms with E-state index in [0.29, 0.717) is 0 Å². The van der Waals surface area contributed by atoms with E-state index in [4.69, 9.17) is 28.4 Å². The topological polar surface area (TPSA) is 130 Å². The average molecular weight is 448 g/mol. The van der Waals surface area contributed by atoms with Crippen molar-refractivity contribution in [2.45, 2.75) is 63.0 Å². The van der Waals surface area contributed by atoms with Gasteiger partial charge in [-0.25, -0.2) is 14.4 Å². The Bertz CT molecular complexity index is 948. The number of epoxide rings is 2. The number of carbonyl (C=O) groups is 4. The summed E-state index contributed by atoms with van der Waals surface area (Å²) in [5, 5.41) is 0. The summed E-state index contributed by atoms with van der Waals surface area (Å²) >= 11 is 0. The van der Waals surface area contributed by atoms with Gasteiger partial charge in [0.15, 0.2) is 17.8 Å². The smallest absolute Gasteiger partial charge is 0.341 e. The van der Waals surface area contributed by atoms with Gasteiger partial charge in [0.25, 0.3) is 0 Å². The van der Waals surface area contributed by atoms with Gasteiger partial charge in [-0.3, -0.25) is 4.79 Å². The summed E-state index contributed by atoms with van der Waals surface area (Å²) in [4.78, 5) is 50.0. The van der Waals surface area contributed by atoms with Gasteiger partial charge in [0.2, 0.25) is 0 Å². The second-order valence-corrected chi connectivity index (χ2v) is 8.25. The Morgan fingerprint density at radius 2 is 1.78 bits per heavy atom. The van der Waals surface area contributed by atoms with Gasteiger partial charge in [0.05, 0.1) is 24.7 Å². The lowest BCUT2D eigenvalue weighted by molar-refractivity contribution is -0.173. The van der Waals surface area contributed by atoms with Crippen molar-refractivity contribution in [3.8, 4) is 0 Å². The van der Waals surface area contributed by atoms with Gasteiger partial charge in [-0.1, -0.05) is 12.7 Å². The molecule has 10 nitrogen and oxygen atoms in total. The fraction of sp³-hybridized carbons (Fsp3) is 0.545. The molecule has 3 saturated heterocycles. The molecule has 0 aromatic rings. The normalized spacial score (nSPS) is 39.6. The molecule has 0 bridgehead atoms. The van der Waals surface area contributed by atoms with Crippen molar-refractivity contribution in [3.05, 3.63) is 36.0 Å². The van der Waals surface area contributed by atoms with E-state index in [1.54, 1.807) is 26.0 Å². The molecule has 0 aromatic carbocycles. The molecule has 4 rings (SSSR count). The Morgan fingerprint density at radius 3 is 2.38 bits per heavy atom. The number of hydrogen-bond donors (Lipinski definition) is 0. The van der Waals surface area contributed by atoms with Crippen molar-refractivity contribution >= 4 is 23.9 Å². The second-order valence-electron chi connectivity index (χ2n) is 8.25. The highest BCUT2D eigenvalue weighted by Gasteiger charge is 2.60. The Kier molecular flexibility index (Phi) is 5.46. The van der Waals surface area contributed by atoms with Crippen LogP contribution in [0.4, 0.5) is 0 Å². The number of hydrogen-bond acceptors (Lipinski definition) is 10. The average Bonchev–Trinajstić information content (AvgIpc) is 3.60. The minimum atomic E-state index is -1.41. The molecule has 10 heteroatoms. The van der Waals surface area contributed by atoms with E-state index in [0.717, 1.165) is 6.92 Å². The van der Waals surface area contributed by atoms with E-state index in [2.05, 4.69) is 6.58 Å². The molecule has 0 amide bonds. The first kappa shape index (κ1) is 22.2. The maximum atomic E-state index is 13.0. The third-order valence-electron chi connectivity index (χ3n) is 6.12. The number of carbonyl (C=O) groups excluding carboxylic acids is 4. The van der Waals surface area contributed by atoms with Crippen LogP contribution in [0.15, 0.2) is 36.0 Å². The molecule has 172 valence electrons. The first-order valence-corrected chi connectivity index (χ1v) is 10.2. The van der Waals surface area contributed by atoms with Crippen molar-refractivity contribution < 1.29 is 47.6 Å². The molecule has 0 radical (unpaired) electrons. The largest absolute Gasteiger partial charge is 0.466 e. The summed E-state index contributed by atoms with van der Waals surface area (Å²) in [5.41, 5.74) is -1.27. The minimum Gasteiger partial charge on any atom is -0.466 e. The SMILES string of the molecule is C=C1C(=O)OC2C=CC3OC3C=C(C(=O)OC)C(OC(C)=O)C(OC(=O)C3(C)OC3C)C12. The van der Waals surface area contributed by atoms with E-state index in [9.17, 15) is 19.2 Å². The highest BCUT2D eigenvalue weighted by Crippen LogP contribution is 2.42. The van der Waals surface area contributed by atoms with E-state index in [1.165, 1.54) is 13.2 Å². The fourth-order valence-corrected chi connectivity index (χ4v) is 3.97. The highest BCUT2D eigenvalue weighted by molar-refractivity contribution is 5.93. The molecule has 0 spiro atoms. The van der Waals surface area contributed by atoms with Crippen molar-refractivity contribution in [2.75, 3.05) is 7.11 Å². The Morgan fingerprint density at radius 1 is 1.12 bits per heavy atom. The van der Waals surface area contributed by atoms with E-state index >= 15 is 0 Å². The van der Waals surface area contributed by atoms with Gasteiger partial charge in [0.1, 0.15) is 18.3 Å². The van der Waals surface area contributed by atoms with Crippen LogP contribution in [0.3, 0.4) is 0 Å². The fourth-order valence-electron chi connectivity index (χ4n) is 3.97. The minimum absolute atomic E-state index is 0.0163. The van der Waals surface area contributed by atoms with Gasteiger partial charge in [-0.15, -0.1) is 0 Å². The van der Waals surface area contributed by atoms with Crippen LogP contribution in [-0.4, -0.2) is 73.2 Å². The van der Waals surface area contributed by atoms with Gasteiger partial charge in [0, 0.05) is 12.5 Å². The Hall–Kier alpha value is -2.98. The molecule has 4 aliphatic rings. The summed E-state index contributed by atoms with van der Waals surface area (Å²) in [6.45, 7) is 8.20. The van der Waals surface area contributed by atoms with Crippen molar-refractivity contribution in [1.29, 1.82) is 0 Å². The molecule has 8 atom stereocenters. The first-order chi connectivity index (χ1) is 15.1. The van der Waals surface area contributed by atoms with Crippen LogP contribution in [0.5, 0.6) is 0 Å². The molecule has 3 heterocycles. The lowest BCUT2D eigenvalue weighted by Gasteiger charge is -2.33. The number of ether oxygens (including phenoxy) is 6. The Balaban J connectivity index is 1.82. The summed E-state index contributed by atoms with van der Waals surface area (Å²) < 4.78 is 32.4. The maximum Gasteiger partial charge on any atom is 0.341 e. The maximum absolute atomic E-state index is 13.0. The summed E-state index contributed by atoms with van der Waals surface area (Å²) in [7, 11) is 1.17. The summed E-state index contributed by atoms with van der Waals surface area (Å²) in [6.07, 6.45) is -0.0738. The summed E-state index contributed by atoms with van der Waals surface area (Å²) in [5.74, 6) is -3.89. The predicted molar refractivity (Wildman–Crippen MR) is 105 cm³/mol. The number of rotatable bonds is 4. The van der Waals surface area contributed by atoms with Gasteiger partial charge >= 0.3 is 23.9 Å². The Labute approximate surface area is 184 Å². The van der Waals surface area contributed by atoms with Crippen LogP contribution in [-0.2, 0) is 47.6 Å². The zero-order chi connectivity index (χ0) is 23.4. The quantitative estimate of drug-likeness (QED) is 0.197. The zero-order valence-electron chi connectivity index (χ0n) is 18.1. The molecule has 32 heavy (non-hydrogen) atoms.